The van der Waals surface area contributed by atoms with Crippen molar-refractivity contribution in [3.8, 4) is 0 Å². The fourth-order valence-electron chi connectivity index (χ4n) is 14.2. The van der Waals surface area contributed by atoms with Gasteiger partial charge in [0.2, 0.25) is 41.4 Å². The molecule has 2 aromatic heterocycles. The van der Waals surface area contributed by atoms with E-state index in [1.54, 1.807) is 6.92 Å². The first-order valence-electron chi connectivity index (χ1n) is 28.6. The van der Waals surface area contributed by atoms with Crippen molar-refractivity contribution in [2.45, 2.75) is 175 Å². The number of carbonyl (C=O) groups excluding carboxylic acids is 7. The van der Waals surface area contributed by atoms with E-state index in [2.05, 4.69) is 27.2 Å². The van der Waals surface area contributed by atoms with Gasteiger partial charge in [0.05, 0.1) is 29.8 Å². The maximum absolute atomic E-state index is 13.5. The van der Waals surface area contributed by atoms with Crippen LogP contribution in [0.25, 0.3) is 16.5 Å². The Hall–Kier alpha value is -6.98. The normalized spacial score (nSPS) is 31.8. The van der Waals surface area contributed by atoms with Crippen LogP contribution in [0.1, 0.15) is 139 Å². The first-order valence-corrected chi connectivity index (χ1v) is 28.6. The summed E-state index contributed by atoms with van der Waals surface area (Å²) in [4.78, 5) is 119. The predicted molar refractivity (Wildman–Crippen MR) is 315 cm³/mol. The molecule has 0 aromatic carbocycles. The maximum atomic E-state index is 13.5. The van der Waals surface area contributed by atoms with Crippen LogP contribution >= 0.6 is 0 Å². The number of rotatable bonds is 21. The van der Waals surface area contributed by atoms with Crippen LogP contribution in [-0.2, 0) is 55.1 Å². The van der Waals surface area contributed by atoms with E-state index in [0.717, 1.165) is 0 Å². The van der Waals surface area contributed by atoms with Crippen LogP contribution in [0, 0.1) is 52.3 Å². The Labute approximate surface area is 510 Å². The van der Waals surface area contributed by atoms with Gasteiger partial charge >= 0.3 is 16.8 Å². The zero-order chi connectivity index (χ0) is 63.2. The van der Waals surface area contributed by atoms with Crippen molar-refractivity contribution in [3.63, 3.8) is 0 Å². The molecule has 6 aliphatic heterocycles. The Morgan fingerprint density at radius 2 is 1.35 bits per heavy atom. The molecular weight excluding hydrogens is 1160 g/mol. The number of aliphatic hydroxyl groups excluding tert-OH is 3. The summed E-state index contributed by atoms with van der Waals surface area (Å²) < 4.78 is 6.90. The summed E-state index contributed by atoms with van der Waals surface area (Å²) in [6.45, 7) is 20.4. The summed E-state index contributed by atoms with van der Waals surface area (Å²) in [5, 5.41) is 37.9. The van der Waals surface area contributed by atoms with E-state index in [1.165, 1.54) is 17.2 Å². The number of nitrogens with one attached hydrogen (secondary N) is 1. The summed E-state index contributed by atoms with van der Waals surface area (Å²) in [5.74, 6) is -6.17. The van der Waals surface area contributed by atoms with Crippen LogP contribution in [0.4, 0.5) is 5.82 Å². The van der Waals surface area contributed by atoms with Gasteiger partial charge in [-0.2, -0.15) is 5.70 Å². The van der Waals surface area contributed by atoms with Crippen LogP contribution in [0.3, 0.4) is 0 Å². The number of fused-ring (bicyclic) bond motifs is 7. The first-order chi connectivity index (χ1) is 39.5. The van der Waals surface area contributed by atoms with Crippen molar-refractivity contribution >= 4 is 75.5 Å². The molecule has 8 rings (SSSR count). The van der Waals surface area contributed by atoms with E-state index in [0.29, 0.717) is 63.0 Å². The Morgan fingerprint density at radius 1 is 0.756 bits per heavy atom. The van der Waals surface area contributed by atoms with Crippen LogP contribution in [0.5, 0.6) is 0 Å². The minimum atomic E-state index is -1.40. The summed E-state index contributed by atoms with van der Waals surface area (Å²) in [7, 11) is 0. The third-order valence-corrected chi connectivity index (χ3v) is 19.0. The number of carbonyl (C=O) groups is 7. The number of aliphatic hydroxyl groups is 3. The van der Waals surface area contributed by atoms with Gasteiger partial charge in [0.1, 0.15) is 17.9 Å². The van der Waals surface area contributed by atoms with Crippen molar-refractivity contribution in [1.82, 2.24) is 24.8 Å². The number of primary amides is 6. The molecule has 6 aliphatic rings. The van der Waals surface area contributed by atoms with Gasteiger partial charge in [0, 0.05) is 108 Å². The summed E-state index contributed by atoms with van der Waals surface area (Å²) in [5.41, 5.74) is 40.9. The number of imidazole rings is 1. The molecule has 7 amide bonds. The molecule has 18 N–H and O–H groups in total. The van der Waals surface area contributed by atoms with Gasteiger partial charge in [0.15, 0.2) is 17.7 Å². The van der Waals surface area contributed by atoms with Crippen molar-refractivity contribution in [3.05, 3.63) is 59.2 Å². The summed E-state index contributed by atoms with van der Waals surface area (Å²) in [6, 6.07) is -0.923. The van der Waals surface area contributed by atoms with E-state index in [1.807, 2.05) is 61.5 Å². The number of aromatic nitrogens is 4. The van der Waals surface area contributed by atoms with Crippen molar-refractivity contribution < 1.29 is 70.4 Å². The molecule has 8 bridgehead atoms. The molecule has 0 spiro atoms. The molecule has 27 nitrogen and oxygen atoms in total. The Balaban J connectivity index is 0.000000524. The second-order valence-electron chi connectivity index (χ2n) is 25.2. The van der Waals surface area contributed by atoms with Gasteiger partial charge in [0.25, 0.3) is 0 Å². The molecular formula is C58H84CoN16O11. The van der Waals surface area contributed by atoms with Crippen LogP contribution in [-0.4, -0.2) is 136 Å². The van der Waals surface area contributed by atoms with Crippen LogP contribution < -0.4 is 45.5 Å². The smallest absolute Gasteiger partial charge is 0.682 e. The number of nitrogens with two attached hydrogens (primary N) is 7. The number of amides is 7. The molecule has 28 heteroatoms. The molecule has 8 heterocycles. The molecule has 1 radical (unpaired) electrons. The number of nitrogen functional groups attached to an aromatic ring is 1. The molecule has 2 aromatic rings. The molecule has 471 valence electrons. The van der Waals surface area contributed by atoms with E-state index < -0.39 is 123 Å². The standard InChI is InChI=1S/C48H73N11O8.C10H12N5O3.Co/c1-23(60)22-55-38(67)16-17-45(6)29(18-35(52)64)43-48(9)47(8,21-37(54)66)28(12-15-34(51)63)40(59-48)25(3)42-46(7,20-36(53)65)26(10-13-32(49)61)30(56-42)19-31-44(4,5)27(11-14-33(50)62)39(57-31)24(2)41(45)58-43;1-4-6(16)7(17)10(18-4)15-3-14-5-8(11)12-2-13-9(5)15;/h19,23,26-29,43,60H,10-18,20-22H2,1-9H3,(H14,49,50,51,52,53,54,55,56,57,58,59,61,62,63,64,65,66,67);2-4,6-7,10,16-17H,1H2,(H2,11,12,13);/q;-1;+2/p-1. The van der Waals surface area contributed by atoms with E-state index >= 15 is 0 Å². The second-order valence-corrected chi connectivity index (χ2v) is 25.2. The molecule has 14 unspecified atom stereocenters. The fraction of sp³-hybridized carbons (Fsp3) is 0.621. The Bertz CT molecular complexity index is 3240. The third kappa shape index (κ3) is 12.9. The first kappa shape index (κ1) is 68.1. The van der Waals surface area contributed by atoms with E-state index in [-0.39, 0.29) is 99.3 Å². The number of hydrogen-bond donors (Lipinski definition) is 11. The van der Waals surface area contributed by atoms with Gasteiger partial charge in [-0.05, 0) is 88.0 Å². The van der Waals surface area contributed by atoms with Crippen molar-refractivity contribution in [2.24, 2.45) is 94.7 Å². The molecule has 86 heavy (non-hydrogen) atoms. The number of aliphatic imine (C=N–C) groups is 3. The predicted octanol–water partition coefficient (Wildman–Crippen LogP) is 1.38. The largest absolute Gasteiger partial charge is 2.00 e. The average molecular weight is 1240 g/mol. The zero-order valence-corrected chi connectivity index (χ0v) is 51.3. The number of nitrogens with zero attached hydrogens (tertiary/aromatic N) is 8. The monoisotopic (exact) mass is 1240 g/mol. The molecule has 14 atom stereocenters. The molecule has 2 fully saturated rings. The third-order valence-electron chi connectivity index (χ3n) is 19.0. The molecule has 2 saturated heterocycles. The van der Waals surface area contributed by atoms with Crippen LogP contribution in [0.15, 0.2) is 61.9 Å². The zero-order valence-electron chi connectivity index (χ0n) is 50.3. The van der Waals surface area contributed by atoms with E-state index in [9.17, 15) is 48.9 Å². The van der Waals surface area contributed by atoms with Crippen LogP contribution in [0.2, 0.25) is 0 Å². The number of ether oxygens (including phenoxy) is 1. The van der Waals surface area contributed by atoms with Gasteiger partial charge in [-0.3, -0.25) is 53.1 Å². The fourth-order valence-corrected chi connectivity index (χ4v) is 14.2. The van der Waals surface area contributed by atoms with Crippen molar-refractivity contribution in [1.29, 1.82) is 0 Å². The van der Waals surface area contributed by atoms with Gasteiger partial charge in [-0.1, -0.05) is 40.7 Å². The summed E-state index contributed by atoms with van der Waals surface area (Å²) in [6.07, 6.45) is 0.116. The number of hydrogen-bond acceptors (Lipinski definition) is 18. The van der Waals surface area contributed by atoms with E-state index in [4.69, 9.17) is 65.2 Å². The minimum absolute atomic E-state index is 0. The minimum Gasteiger partial charge on any atom is -0.682 e. The average Bonchev–Trinajstić information content (AvgIpc) is 1.60. The SMILES string of the molecule is CC1=C2N=C(C=C3N=C(C(C)=C4[N-]C(C(CC(N)=O)C4(C)CCC(=O)NCC(C)O)C4(C)N=C1C(CCC(N)=O)C4(C)CC(N)=O)C(CCC(N)=O)C3(C)C)C(CCC(N)=O)C2(C)CC(N)=O.[CH2-]C1OC(n2cnc3c(N)ncnc32)C(O)C1O.[Co+2]. The van der Waals surface area contributed by atoms with Crippen molar-refractivity contribution in [2.75, 3.05) is 12.3 Å². The quantitative estimate of drug-likeness (QED) is 0.0787. The number of anilines is 1. The van der Waals surface area contributed by atoms with Gasteiger partial charge in [-0.15, -0.1) is 0 Å². The Kier molecular flexibility index (Phi) is 20.4. The Morgan fingerprint density at radius 3 is 1.90 bits per heavy atom. The van der Waals surface area contributed by atoms with Gasteiger partial charge < -0.3 is 77.7 Å². The maximum Gasteiger partial charge on any atom is 2.00 e. The second kappa shape index (κ2) is 25.8. The van der Waals surface area contributed by atoms with Gasteiger partial charge in [-0.25, -0.2) is 15.0 Å². The summed E-state index contributed by atoms with van der Waals surface area (Å²) >= 11 is 0. The topological polar surface area (TPSA) is 478 Å². The molecule has 0 aliphatic carbocycles. The molecule has 0 saturated carbocycles. The number of allylic oxidation sites excluding steroid dienone is 6.